The predicted octanol–water partition coefficient (Wildman–Crippen LogP) is 3.56. The molecule has 108 valence electrons. The topological polar surface area (TPSA) is 72.2 Å². The Morgan fingerprint density at radius 1 is 1.50 bits per heavy atom. The Bertz CT molecular complexity index is 557. The molecular formula is C14H17ClN2O3. The van der Waals surface area contributed by atoms with E-state index in [0.717, 1.165) is 19.3 Å². The average molecular weight is 297 g/mol. The highest BCUT2D eigenvalue weighted by Gasteiger charge is 2.32. The number of nitro benzene ring substituents is 1. The molecule has 0 heterocycles. The van der Waals surface area contributed by atoms with Gasteiger partial charge in [0.05, 0.1) is 4.92 Å². The van der Waals surface area contributed by atoms with Gasteiger partial charge in [0, 0.05) is 17.7 Å². The molecule has 0 spiro atoms. The fourth-order valence-corrected chi connectivity index (χ4v) is 2.81. The molecule has 0 bridgehead atoms. The molecule has 0 aromatic heterocycles. The number of nitrogens with one attached hydrogen (secondary N) is 1. The zero-order valence-corrected chi connectivity index (χ0v) is 12.2. The van der Waals surface area contributed by atoms with E-state index >= 15 is 0 Å². The van der Waals surface area contributed by atoms with Gasteiger partial charge in [-0.1, -0.05) is 25.4 Å². The minimum atomic E-state index is -0.586. The summed E-state index contributed by atoms with van der Waals surface area (Å²) in [4.78, 5) is 22.4. The Morgan fingerprint density at radius 2 is 2.20 bits per heavy atom. The van der Waals surface area contributed by atoms with Gasteiger partial charge in [0.2, 0.25) is 0 Å². The van der Waals surface area contributed by atoms with Crippen molar-refractivity contribution in [1.82, 2.24) is 5.32 Å². The molecule has 1 fully saturated rings. The molecule has 20 heavy (non-hydrogen) atoms. The molecule has 1 unspecified atom stereocenters. The predicted molar refractivity (Wildman–Crippen MR) is 77.0 cm³/mol. The van der Waals surface area contributed by atoms with Crippen LogP contribution in [0.1, 0.15) is 43.5 Å². The number of nitrogens with zero attached hydrogens (tertiary/aromatic N) is 1. The van der Waals surface area contributed by atoms with Gasteiger partial charge >= 0.3 is 0 Å². The first kappa shape index (κ1) is 14.8. The van der Waals surface area contributed by atoms with E-state index in [-0.39, 0.29) is 33.6 Å². The van der Waals surface area contributed by atoms with Crippen LogP contribution in [0.2, 0.25) is 5.02 Å². The van der Waals surface area contributed by atoms with Gasteiger partial charge < -0.3 is 5.32 Å². The third-order valence-electron chi connectivity index (χ3n) is 3.71. The molecule has 1 aliphatic carbocycles. The van der Waals surface area contributed by atoms with Crippen LogP contribution in [-0.4, -0.2) is 16.9 Å². The lowest BCUT2D eigenvalue weighted by Crippen LogP contribution is -2.33. The second-order valence-electron chi connectivity index (χ2n) is 6.00. The standard InChI is InChI=1S/C14H17ClN2O3/c1-14(2)6-5-10(8-14)16-13(18)9-3-4-11(15)12(7-9)17(19)20/h3-4,7,10H,5-6,8H2,1-2H3,(H,16,18). The van der Waals surface area contributed by atoms with Gasteiger partial charge in [-0.3, -0.25) is 14.9 Å². The maximum atomic E-state index is 12.1. The van der Waals surface area contributed by atoms with Crippen LogP contribution in [0.3, 0.4) is 0 Å². The highest BCUT2D eigenvalue weighted by Crippen LogP contribution is 2.37. The Balaban J connectivity index is 2.10. The summed E-state index contributed by atoms with van der Waals surface area (Å²) in [6.07, 6.45) is 2.93. The summed E-state index contributed by atoms with van der Waals surface area (Å²) in [6, 6.07) is 4.24. The molecule has 5 nitrogen and oxygen atoms in total. The highest BCUT2D eigenvalue weighted by molar-refractivity contribution is 6.32. The summed E-state index contributed by atoms with van der Waals surface area (Å²) >= 11 is 5.73. The van der Waals surface area contributed by atoms with Crippen LogP contribution in [0.15, 0.2) is 18.2 Å². The number of carbonyl (C=O) groups is 1. The maximum Gasteiger partial charge on any atom is 0.288 e. The van der Waals surface area contributed by atoms with Crippen molar-refractivity contribution >= 4 is 23.2 Å². The van der Waals surface area contributed by atoms with Crippen LogP contribution in [0, 0.1) is 15.5 Å². The summed E-state index contributed by atoms with van der Waals surface area (Å²) < 4.78 is 0. The molecule has 1 amide bonds. The van der Waals surface area contributed by atoms with E-state index in [0.29, 0.717) is 0 Å². The molecule has 0 aliphatic heterocycles. The van der Waals surface area contributed by atoms with E-state index in [9.17, 15) is 14.9 Å². The SMILES string of the molecule is CC1(C)CCC(NC(=O)c2ccc(Cl)c([N+](=O)[O-])c2)C1. The maximum absolute atomic E-state index is 12.1. The van der Waals surface area contributed by atoms with Gasteiger partial charge in [-0.25, -0.2) is 0 Å². The van der Waals surface area contributed by atoms with Crippen LogP contribution in [0.25, 0.3) is 0 Å². The molecule has 1 atom stereocenters. The van der Waals surface area contributed by atoms with Crippen LogP contribution in [-0.2, 0) is 0 Å². The quantitative estimate of drug-likeness (QED) is 0.684. The van der Waals surface area contributed by atoms with Crippen molar-refractivity contribution in [3.8, 4) is 0 Å². The van der Waals surface area contributed by atoms with Crippen LogP contribution < -0.4 is 5.32 Å². The van der Waals surface area contributed by atoms with E-state index < -0.39 is 4.92 Å². The normalized spacial score (nSPS) is 20.6. The molecular weight excluding hydrogens is 280 g/mol. The Morgan fingerprint density at radius 3 is 2.75 bits per heavy atom. The summed E-state index contributed by atoms with van der Waals surface area (Å²) in [5.41, 5.74) is 0.265. The summed E-state index contributed by atoms with van der Waals surface area (Å²) in [5.74, 6) is -0.285. The summed E-state index contributed by atoms with van der Waals surface area (Å²) in [6.45, 7) is 4.35. The van der Waals surface area contributed by atoms with Crippen LogP contribution >= 0.6 is 11.6 Å². The average Bonchev–Trinajstić information content (AvgIpc) is 2.68. The van der Waals surface area contributed by atoms with E-state index in [1.54, 1.807) is 0 Å². The van der Waals surface area contributed by atoms with Gasteiger partial charge in [0.25, 0.3) is 11.6 Å². The molecule has 1 aromatic rings. The third kappa shape index (κ3) is 3.28. The molecule has 1 aliphatic rings. The minimum Gasteiger partial charge on any atom is -0.349 e. The number of rotatable bonds is 3. The first-order chi connectivity index (χ1) is 9.28. The molecule has 0 saturated heterocycles. The first-order valence-corrected chi connectivity index (χ1v) is 6.91. The fourth-order valence-electron chi connectivity index (χ4n) is 2.62. The van der Waals surface area contributed by atoms with Crippen LogP contribution in [0.5, 0.6) is 0 Å². The van der Waals surface area contributed by atoms with Crippen molar-refractivity contribution in [3.05, 3.63) is 38.9 Å². The zero-order chi connectivity index (χ0) is 14.9. The Hall–Kier alpha value is -1.62. The number of hydrogen-bond acceptors (Lipinski definition) is 3. The highest BCUT2D eigenvalue weighted by atomic mass is 35.5. The van der Waals surface area contributed by atoms with E-state index in [2.05, 4.69) is 19.2 Å². The lowest BCUT2D eigenvalue weighted by molar-refractivity contribution is -0.384. The van der Waals surface area contributed by atoms with Crippen molar-refractivity contribution in [2.45, 2.75) is 39.2 Å². The zero-order valence-electron chi connectivity index (χ0n) is 11.5. The Kier molecular flexibility index (Phi) is 3.99. The van der Waals surface area contributed by atoms with Gasteiger partial charge in [-0.15, -0.1) is 0 Å². The van der Waals surface area contributed by atoms with Crippen LogP contribution in [0.4, 0.5) is 5.69 Å². The molecule has 1 aromatic carbocycles. The van der Waals surface area contributed by atoms with Crippen molar-refractivity contribution < 1.29 is 9.72 Å². The van der Waals surface area contributed by atoms with E-state index in [1.165, 1.54) is 18.2 Å². The monoisotopic (exact) mass is 296 g/mol. The second-order valence-corrected chi connectivity index (χ2v) is 6.41. The van der Waals surface area contributed by atoms with Crippen molar-refractivity contribution in [2.24, 2.45) is 5.41 Å². The molecule has 0 radical (unpaired) electrons. The van der Waals surface area contributed by atoms with E-state index in [1.807, 2.05) is 0 Å². The lowest BCUT2D eigenvalue weighted by atomic mass is 9.92. The number of nitro groups is 1. The summed E-state index contributed by atoms with van der Waals surface area (Å²) in [7, 11) is 0. The largest absolute Gasteiger partial charge is 0.349 e. The van der Waals surface area contributed by atoms with Gasteiger partial charge in [0.15, 0.2) is 0 Å². The molecule has 1 saturated carbocycles. The van der Waals surface area contributed by atoms with Gasteiger partial charge in [0.1, 0.15) is 5.02 Å². The Labute approximate surface area is 122 Å². The second kappa shape index (κ2) is 5.40. The molecule has 1 N–H and O–H groups in total. The van der Waals surface area contributed by atoms with Crippen molar-refractivity contribution in [1.29, 1.82) is 0 Å². The van der Waals surface area contributed by atoms with Gasteiger partial charge in [-0.05, 0) is 36.8 Å². The third-order valence-corrected chi connectivity index (χ3v) is 4.03. The fraction of sp³-hybridized carbons (Fsp3) is 0.500. The number of benzene rings is 1. The smallest absolute Gasteiger partial charge is 0.288 e. The van der Waals surface area contributed by atoms with Gasteiger partial charge in [-0.2, -0.15) is 0 Å². The number of hydrogen-bond donors (Lipinski definition) is 1. The molecule has 6 heteroatoms. The number of carbonyl (C=O) groups excluding carboxylic acids is 1. The van der Waals surface area contributed by atoms with Crippen molar-refractivity contribution in [3.63, 3.8) is 0 Å². The number of halogens is 1. The number of amides is 1. The minimum absolute atomic E-state index is 0.0357. The first-order valence-electron chi connectivity index (χ1n) is 6.53. The summed E-state index contributed by atoms with van der Waals surface area (Å²) in [5, 5.41) is 13.8. The lowest BCUT2D eigenvalue weighted by Gasteiger charge is -2.17. The van der Waals surface area contributed by atoms with Crippen molar-refractivity contribution in [2.75, 3.05) is 0 Å². The molecule has 2 rings (SSSR count). The van der Waals surface area contributed by atoms with E-state index in [4.69, 9.17) is 11.6 Å².